The number of hydrogen-bond acceptors (Lipinski definition) is 4. The first kappa shape index (κ1) is 16.2. The molecule has 0 atom stereocenters. The van der Waals surface area contributed by atoms with Crippen molar-refractivity contribution in [1.29, 1.82) is 5.26 Å². The van der Waals surface area contributed by atoms with E-state index >= 15 is 0 Å². The Morgan fingerprint density at radius 3 is 2.52 bits per heavy atom. The third-order valence-electron chi connectivity index (χ3n) is 2.90. The van der Waals surface area contributed by atoms with Crippen molar-refractivity contribution in [3.63, 3.8) is 0 Å². The Kier molecular flexibility index (Phi) is 5.11. The Labute approximate surface area is 134 Å². The summed E-state index contributed by atoms with van der Waals surface area (Å²) in [5.41, 5.74) is 0.747. The van der Waals surface area contributed by atoms with E-state index in [9.17, 15) is 9.18 Å². The number of rotatable bonds is 5. The molecule has 0 aromatic heterocycles. The summed E-state index contributed by atoms with van der Waals surface area (Å²) in [6, 6.07) is 13.8. The van der Waals surface area contributed by atoms with Gasteiger partial charge in [0, 0.05) is 25.9 Å². The maximum Gasteiger partial charge on any atom is 0.229 e. The van der Waals surface area contributed by atoms with E-state index in [1.54, 1.807) is 43.3 Å². The number of hydrogen-bond donors (Lipinski definition) is 0. The summed E-state index contributed by atoms with van der Waals surface area (Å²) in [5, 5.41) is 8.92. The van der Waals surface area contributed by atoms with Gasteiger partial charge in [-0.15, -0.1) is 0 Å². The van der Waals surface area contributed by atoms with Gasteiger partial charge in [0.05, 0.1) is 11.6 Å². The van der Waals surface area contributed by atoms with Crippen molar-refractivity contribution < 1.29 is 13.9 Å². The van der Waals surface area contributed by atoms with Gasteiger partial charge in [-0.05, 0) is 42.5 Å². The molecule has 0 fully saturated rings. The van der Waals surface area contributed by atoms with Crippen molar-refractivity contribution in [2.24, 2.45) is 0 Å². The molecule has 0 spiro atoms. The quantitative estimate of drug-likeness (QED) is 0.483. The molecule has 2 aromatic carbocycles. The second kappa shape index (κ2) is 7.23. The first-order valence-corrected chi connectivity index (χ1v) is 6.86. The van der Waals surface area contributed by atoms with Crippen molar-refractivity contribution in [1.82, 2.24) is 4.90 Å². The number of nitrogens with zero attached hydrogens (tertiary/aromatic N) is 2. The monoisotopic (exact) mass is 310 g/mol. The van der Waals surface area contributed by atoms with Crippen LogP contribution in [0.2, 0.25) is 0 Å². The second-order valence-corrected chi connectivity index (χ2v) is 5.03. The minimum absolute atomic E-state index is 0.0803. The van der Waals surface area contributed by atoms with Crippen LogP contribution in [0.15, 0.2) is 60.5 Å². The van der Waals surface area contributed by atoms with Crippen LogP contribution in [0.5, 0.6) is 5.75 Å². The maximum atomic E-state index is 13.0. The van der Waals surface area contributed by atoms with E-state index in [0.29, 0.717) is 16.9 Å². The summed E-state index contributed by atoms with van der Waals surface area (Å²) < 4.78 is 18.6. The molecule has 2 rings (SSSR count). The molecule has 0 N–H and O–H groups in total. The Morgan fingerprint density at radius 1 is 1.22 bits per heavy atom. The van der Waals surface area contributed by atoms with E-state index in [1.807, 2.05) is 6.07 Å². The van der Waals surface area contributed by atoms with E-state index in [4.69, 9.17) is 10.00 Å². The number of nitriles is 1. The fraction of sp³-hybridized carbons (Fsp3) is 0.111. The third-order valence-corrected chi connectivity index (χ3v) is 2.90. The average molecular weight is 310 g/mol. The van der Waals surface area contributed by atoms with Crippen LogP contribution < -0.4 is 4.74 Å². The van der Waals surface area contributed by atoms with Crippen molar-refractivity contribution in [3.8, 4) is 11.8 Å². The lowest BCUT2D eigenvalue weighted by Crippen LogP contribution is -2.14. The highest BCUT2D eigenvalue weighted by Gasteiger charge is 2.16. The van der Waals surface area contributed by atoms with Crippen LogP contribution in [0.25, 0.3) is 0 Å². The van der Waals surface area contributed by atoms with Crippen LogP contribution in [0.1, 0.15) is 15.9 Å². The molecule has 0 aliphatic heterocycles. The summed E-state index contributed by atoms with van der Waals surface area (Å²) in [4.78, 5) is 14.2. The lowest BCUT2D eigenvalue weighted by atomic mass is 10.1. The highest BCUT2D eigenvalue weighted by Crippen LogP contribution is 2.19. The summed E-state index contributed by atoms with van der Waals surface area (Å²) in [6.07, 6.45) is 1.53. The van der Waals surface area contributed by atoms with Gasteiger partial charge in [0.2, 0.25) is 5.78 Å². The van der Waals surface area contributed by atoms with Gasteiger partial charge in [-0.3, -0.25) is 4.79 Å². The van der Waals surface area contributed by atoms with Gasteiger partial charge in [-0.25, -0.2) is 4.39 Å². The molecule has 0 amide bonds. The first-order valence-electron chi connectivity index (χ1n) is 6.86. The minimum Gasteiger partial charge on any atom is -0.452 e. The molecular formula is C18H15FN2O2. The zero-order chi connectivity index (χ0) is 16.8. The summed E-state index contributed by atoms with van der Waals surface area (Å²) >= 11 is 0. The van der Waals surface area contributed by atoms with E-state index in [1.165, 1.54) is 30.5 Å². The molecule has 23 heavy (non-hydrogen) atoms. The van der Waals surface area contributed by atoms with Crippen molar-refractivity contribution in [2.75, 3.05) is 14.1 Å². The molecule has 0 saturated heterocycles. The Bertz CT molecular complexity index is 774. The van der Waals surface area contributed by atoms with Gasteiger partial charge in [0.1, 0.15) is 11.6 Å². The molecule has 0 aliphatic rings. The smallest absolute Gasteiger partial charge is 0.229 e. The van der Waals surface area contributed by atoms with E-state index < -0.39 is 5.82 Å². The number of carbonyl (C=O) groups is 1. The summed E-state index contributed by atoms with van der Waals surface area (Å²) in [6.45, 7) is 0. The number of carbonyl (C=O) groups excluding carboxylic acids is 1. The molecule has 0 bridgehead atoms. The topological polar surface area (TPSA) is 53.3 Å². The Hall–Kier alpha value is -3.13. The van der Waals surface area contributed by atoms with Crippen molar-refractivity contribution >= 4 is 5.78 Å². The van der Waals surface area contributed by atoms with Crippen LogP contribution >= 0.6 is 0 Å². The predicted octanol–water partition coefficient (Wildman–Crippen LogP) is 3.36. The number of halogens is 1. The summed E-state index contributed by atoms with van der Waals surface area (Å²) in [7, 11) is 3.51. The van der Waals surface area contributed by atoms with Gasteiger partial charge in [-0.1, -0.05) is 6.07 Å². The van der Waals surface area contributed by atoms with Gasteiger partial charge in [0.15, 0.2) is 5.76 Å². The molecule has 5 heteroatoms. The molecule has 0 aliphatic carbocycles. The molecule has 116 valence electrons. The molecule has 0 saturated carbocycles. The SMILES string of the molecule is CN(C)/C=C(/Oc1cccc(C#N)c1)C(=O)c1ccc(F)cc1. The number of benzene rings is 2. The van der Waals surface area contributed by atoms with Gasteiger partial charge in [0.25, 0.3) is 0 Å². The molecule has 0 unspecified atom stereocenters. The molecule has 0 heterocycles. The van der Waals surface area contributed by atoms with E-state index in [0.717, 1.165) is 0 Å². The van der Waals surface area contributed by atoms with Crippen LogP contribution in [0.3, 0.4) is 0 Å². The lowest BCUT2D eigenvalue weighted by molar-refractivity contribution is 0.0982. The van der Waals surface area contributed by atoms with Crippen LogP contribution in [0.4, 0.5) is 4.39 Å². The zero-order valence-electron chi connectivity index (χ0n) is 12.8. The predicted molar refractivity (Wildman–Crippen MR) is 84.3 cm³/mol. The summed E-state index contributed by atoms with van der Waals surface area (Å²) in [5.74, 6) is -0.326. The molecule has 4 nitrogen and oxygen atoms in total. The van der Waals surface area contributed by atoms with Crippen molar-refractivity contribution in [2.45, 2.75) is 0 Å². The van der Waals surface area contributed by atoms with Gasteiger partial charge in [-0.2, -0.15) is 5.26 Å². The third kappa shape index (κ3) is 4.42. The van der Waals surface area contributed by atoms with Crippen LogP contribution in [-0.4, -0.2) is 24.8 Å². The fourth-order valence-corrected chi connectivity index (χ4v) is 1.87. The van der Waals surface area contributed by atoms with E-state index in [-0.39, 0.29) is 11.5 Å². The van der Waals surface area contributed by atoms with Crippen molar-refractivity contribution in [3.05, 3.63) is 77.4 Å². The number of Topliss-reactive ketones (excluding diaryl/α,β-unsaturated/α-hetero) is 1. The second-order valence-electron chi connectivity index (χ2n) is 5.03. The first-order chi connectivity index (χ1) is 11.0. The van der Waals surface area contributed by atoms with Crippen LogP contribution in [0, 0.1) is 17.1 Å². The Morgan fingerprint density at radius 2 is 1.91 bits per heavy atom. The highest BCUT2D eigenvalue weighted by molar-refractivity contribution is 6.07. The molecule has 0 radical (unpaired) electrons. The number of allylic oxidation sites excluding steroid dienone is 1. The normalized spacial score (nSPS) is 10.8. The largest absolute Gasteiger partial charge is 0.452 e. The van der Waals surface area contributed by atoms with Gasteiger partial charge >= 0.3 is 0 Å². The number of ether oxygens (including phenoxy) is 1. The van der Waals surface area contributed by atoms with Crippen LogP contribution in [-0.2, 0) is 0 Å². The number of ketones is 1. The van der Waals surface area contributed by atoms with E-state index in [2.05, 4.69) is 0 Å². The average Bonchev–Trinajstić information content (AvgIpc) is 2.54. The maximum absolute atomic E-state index is 13.0. The highest BCUT2D eigenvalue weighted by atomic mass is 19.1. The van der Waals surface area contributed by atoms with Gasteiger partial charge < -0.3 is 9.64 Å². The standard InChI is InChI=1S/C18H15FN2O2/c1-21(2)12-17(18(22)14-6-8-15(19)9-7-14)23-16-5-3-4-13(10-16)11-20/h3-10,12H,1-2H3/b17-12+. The fourth-order valence-electron chi connectivity index (χ4n) is 1.87. The Balaban J connectivity index is 2.32. The zero-order valence-corrected chi connectivity index (χ0v) is 12.8. The molecular weight excluding hydrogens is 295 g/mol. The molecule has 2 aromatic rings. The minimum atomic E-state index is -0.415. The lowest BCUT2D eigenvalue weighted by Gasteiger charge is -2.13.